The highest BCUT2D eigenvalue weighted by atomic mass is 32.2. The first-order valence-corrected chi connectivity index (χ1v) is 12.8. The summed E-state index contributed by atoms with van der Waals surface area (Å²) in [6, 6.07) is 25.9. The van der Waals surface area contributed by atoms with Gasteiger partial charge in [-0.2, -0.15) is 0 Å². The first-order chi connectivity index (χ1) is 17.8. The fourth-order valence-corrected chi connectivity index (χ4v) is 5.30. The minimum atomic E-state index is -4.14. The number of nitrogens with one attached hydrogen (secondary N) is 2. The van der Waals surface area contributed by atoms with Gasteiger partial charge in [-0.15, -0.1) is 0 Å². The Morgan fingerprint density at radius 2 is 1.00 bits per heavy atom. The first-order valence-electron chi connectivity index (χ1n) is 11.3. The van der Waals surface area contributed by atoms with E-state index in [1.54, 1.807) is 84.9 Å². The number of carbonyl (C=O) groups excluding carboxylic acids is 2. The molecule has 0 bridgehead atoms. The summed E-state index contributed by atoms with van der Waals surface area (Å²) in [6.07, 6.45) is 3.24. The van der Waals surface area contributed by atoms with E-state index in [1.807, 2.05) is 0 Å². The van der Waals surface area contributed by atoms with Crippen LogP contribution in [-0.4, -0.2) is 20.2 Å². The Labute approximate surface area is 215 Å². The van der Waals surface area contributed by atoms with Crippen LogP contribution in [0.25, 0.3) is 12.2 Å². The molecule has 4 aromatic rings. The van der Waals surface area contributed by atoms with E-state index in [-0.39, 0.29) is 21.2 Å². The Bertz CT molecular complexity index is 1510. The van der Waals surface area contributed by atoms with Gasteiger partial charge < -0.3 is 10.6 Å². The molecule has 0 heterocycles. The van der Waals surface area contributed by atoms with Crippen LogP contribution in [0.15, 0.2) is 120 Å². The number of hydrogen-bond acceptors (Lipinski definition) is 4. The maximum Gasteiger partial charge on any atom is 0.255 e. The van der Waals surface area contributed by atoms with Gasteiger partial charge in [-0.3, -0.25) is 9.59 Å². The van der Waals surface area contributed by atoms with Crippen molar-refractivity contribution in [2.75, 3.05) is 10.6 Å². The minimum absolute atomic E-state index is 0.0985. The largest absolute Gasteiger partial charge is 0.321 e. The van der Waals surface area contributed by atoms with Crippen LogP contribution in [0.5, 0.6) is 0 Å². The molecule has 0 saturated heterocycles. The minimum Gasteiger partial charge on any atom is -0.321 e. The molecule has 4 aromatic carbocycles. The summed E-state index contributed by atoms with van der Waals surface area (Å²) in [4.78, 5) is 25.6. The molecule has 6 nitrogen and oxygen atoms in total. The predicted octanol–water partition coefficient (Wildman–Crippen LogP) is 6.31. The molecule has 0 spiro atoms. The van der Waals surface area contributed by atoms with Crippen molar-refractivity contribution in [2.45, 2.75) is 9.79 Å². The molecule has 2 N–H and O–H groups in total. The van der Waals surface area contributed by atoms with Crippen molar-refractivity contribution >= 4 is 45.2 Å². The van der Waals surface area contributed by atoms with Crippen molar-refractivity contribution in [2.24, 2.45) is 0 Å². The topological polar surface area (TPSA) is 92.3 Å². The lowest BCUT2D eigenvalue weighted by atomic mass is 10.1. The fraction of sp³-hybridized carbons (Fsp3) is 0. The van der Waals surface area contributed by atoms with Crippen LogP contribution in [0.1, 0.15) is 31.8 Å². The number of hydrogen-bond donors (Lipinski definition) is 2. The van der Waals surface area contributed by atoms with Gasteiger partial charge in [0.05, 0.1) is 21.2 Å². The van der Waals surface area contributed by atoms with Crippen LogP contribution in [0.3, 0.4) is 0 Å². The van der Waals surface area contributed by atoms with Gasteiger partial charge >= 0.3 is 0 Å². The van der Waals surface area contributed by atoms with E-state index in [2.05, 4.69) is 23.8 Å². The number of sulfone groups is 1. The van der Waals surface area contributed by atoms with E-state index in [9.17, 15) is 18.0 Å². The molecule has 37 heavy (non-hydrogen) atoms. The Hall–Kier alpha value is -4.75. The highest BCUT2D eigenvalue weighted by Crippen LogP contribution is 2.32. The summed E-state index contributed by atoms with van der Waals surface area (Å²) < 4.78 is 27.6. The summed E-state index contributed by atoms with van der Waals surface area (Å²) in [7, 11) is -4.14. The van der Waals surface area contributed by atoms with E-state index >= 15 is 0 Å². The second-order valence-corrected chi connectivity index (χ2v) is 9.95. The van der Waals surface area contributed by atoms with Gasteiger partial charge in [-0.25, -0.2) is 8.42 Å². The maximum atomic E-state index is 13.8. The number of carbonyl (C=O) groups is 2. The summed E-state index contributed by atoms with van der Waals surface area (Å²) >= 11 is 0. The van der Waals surface area contributed by atoms with E-state index in [1.165, 1.54) is 24.3 Å². The highest BCUT2D eigenvalue weighted by Gasteiger charge is 2.26. The zero-order chi connectivity index (χ0) is 26.4. The van der Waals surface area contributed by atoms with E-state index in [4.69, 9.17) is 0 Å². The Morgan fingerprint density at radius 1 is 0.595 bits per heavy atom. The molecule has 4 rings (SSSR count). The van der Waals surface area contributed by atoms with E-state index < -0.39 is 21.7 Å². The fourth-order valence-electron chi connectivity index (χ4n) is 3.73. The summed E-state index contributed by atoms with van der Waals surface area (Å²) in [5.41, 5.74) is 2.49. The third-order valence-corrected chi connectivity index (χ3v) is 7.49. The predicted molar refractivity (Wildman–Crippen MR) is 147 cm³/mol. The molecule has 0 radical (unpaired) electrons. The molecular weight excluding hydrogens is 484 g/mol. The molecule has 0 saturated carbocycles. The van der Waals surface area contributed by atoms with Crippen molar-refractivity contribution in [3.63, 3.8) is 0 Å². The molecule has 7 heteroatoms. The highest BCUT2D eigenvalue weighted by molar-refractivity contribution is 7.91. The van der Waals surface area contributed by atoms with E-state index in [0.29, 0.717) is 11.1 Å². The molecule has 0 fully saturated rings. The monoisotopic (exact) mass is 508 g/mol. The van der Waals surface area contributed by atoms with Gasteiger partial charge in [-0.05, 0) is 59.7 Å². The molecule has 0 unspecified atom stereocenters. The molecule has 0 aliphatic heterocycles. The van der Waals surface area contributed by atoms with Gasteiger partial charge in [-0.1, -0.05) is 73.8 Å². The quantitative estimate of drug-likeness (QED) is 0.292. The van der Waals surface area contributed by atoms with Gasteiger partial charge in [0, 0.05) is 11.1 Å². The van der Waals surface area contributed by atoms with Crippen LogP contribution in [0.2, 0.25) is 0 Å². The van der Waals surface area contributed by atoms with Crippen LogP contribution in [0, 0.1) is 0 Å². The Morgan fingerprint density at radius 3 is 1.41 bits per heavy atom. The number of benzene rings is 4. The molecular formula is C30H24N2O4S. The van der Waals surface area contributed by atoms with E-state index in [0.717, 1.165) is 11.1 Å². The van der Waals surface area contributed by atoms with Crippen molar-refractivity contribution < 1.29 is 18.0 Å². The number of amides is 2. The molecule has 0 aromatic heterocycles. The van der Waals surface area contributed by atoms with Gasteiger partial charge in [0.15, 0.2) is 0 Å². The Kier molecular flexibility index (Phi) is 7.46. The van der Waals surface area contributed by atoms with Crippen LogP contribution in [0.4, 0.5) is 11.4 Å². The Balaban J connectivity index is 1.68. The maximum absolute atomic E-state index is 13.8. The third-order valence-electron chi connectivity index (χ3n) is 5.62. The average molecular weight is 509 g/mol. The van der Waals surface area contributed by atoms with Crippen molar-refractivity contribution in [1.82, 2.24) is 0 Å². The van der Waals surface area contributed by atoms with Crippen LogP contribution < -0.4 is 10.6 Å². The van der Waals surface area contributed by atoms with Gasteiger partial charge in [0.25, 0.3) is 11.8 Å². The zero-order valence-corrected chi connectivity index (χ0v) is 20.7. The summed E-state index contributed by atoms with van der Waals surface area (Å²) in [5.74, 6) is -0.926. The normalized spacial score (nSPS) is 10.8. The molecule has 0 aliphatic carbocycles. The lowest BCUT2D eigenvalue weighted by Crippen LogP contribution is -2.17. The number of rotatable bonds is 8. The molecule has 0 atom stereocenters. The molecule has 184 valence electrons. The first kappa shape index (κ1) is 25.3. The van der Waals surface area contributed by atoms with Crippen molar-refractivity contribution in [1.29, 1.82) is 0 Å². The average Bonchev–Trinajstić information content (AvgIpc) is 2.93. The molecule has 2 amide bonds. The van der Waals surface area contributed by atoms with Gasteiger partial charge in [0.1, 0.15) is 0 Å². The SMILES string of the molecule is C=Cc1cccc(C(=O)Nc2ccccc2S(=O)(=O)c2ccccc2NC(=O)c2cccc(C=C)c2)c1. The summed E-state index contributed by atoms with van der Waals surface area (Å²) in [5, 5.41) is 5.41. The van der Waals surface area contributed by atoms with Crippen molar-refractivity contribution in [3.05, 3.63) is 132 Å². The summed E-state index contributed by atoms with van der Waals surface area (Å²) in [6.45, 7) is 7.41. The van der Waals surface area contributed by atoms with Gasteiger partial charge in [0.2, 0.25) is 9.84 Å². The molecule has 0 aliphatic rings. The third kappa shape index (κ3) is 5.58. The second kappa shape index (κ2) is 10.9. The number of anilines is 2. The van der Waals surface area contributed by atoms with Crippen LogP contribution >= 0.6 is 0 Å². The zero-order valence-electron chi connectivity index (χ0n) is 19.8. The number of para-hydroxylation sites is 2. The standard InChI is InChI=1S/C30H24N2O4S/c1-3-21-11-9-13-23(19-21)29(33)31-25-15-5-7-17-27(25)37(35,36)28-18-8-6-16-26(28)32-30(34)24-14-10-12-22(4-2)20-24/h3-20H,1-2H2,(H,31,33)(H,32,34). The van der Waals surface area contributed by atoms with Crippen molar-refractivity contribution in [3.8, 4) is 0 Å². The van der Waals surface area contributed by atoms with Crippen LogP contribution in [-0.2, 0) is 9.84 Å². The lowest BCUT2D eigenvalue weighted by Gasteiger charge is -2.15. The lowest BCUT2D eigenvalue weighted by molar-refractivity contribution is 0.101. The smallest absolute Gasteiger partial charge is 0.255 e. The second-order valence-electron chi connectivity index (χ2n) is 8.06.